The molecule has 2 aromatic carbocycles. The Labute approximate surface area is 151 Å². The topological polar surface area (TPSA) is 36.8 Å². The van der Waals surface area contributed by atoms with Crippen molar-refractivity contribution in [3.63, 3.8) is 0 Å². The van der Waals surface area contributed by atoms with Gasteiger partial charge in [-0.2, -0.15) is 0 Å². The molecule has 0 fully saturated rings. The lowest BCUT2D eigenvalue weighted by molar-refractivity contribution is -0.907. The highest BCUT2D eigenvalue weighted by Crippen LogP contribution is 2.19. The lowest BCUT2D eigenvalue weighted by Crippen LogP contribution is -3.12. The van der Waals surface area contributed by atoms with Gasteiger partial charge in [-0.05, 0) is 31.2 Å². The van der Waals surface area contributed by atoms with Gasteiger partial charge in [0.25, 0.3) is 5.91 Å². The highest BCUT2D eigenvalue weighted by molar-refractivity contribution is 5.93. The summed E-state index contributed by atoms with van der Waals surface area (Å²) in [6, 6.07) is 9.22. The van der Waals surface area contributed by atoms with Gasteiger partial charge < -0.3 is 15.1 Å². The molecule has 7 heteroatoms. The van der Waals surface area contributed by atoms with Crippen molar-refractivity contribution in [1.82, 2.24) is 0 Å². The van der Waals surface area contributed by atoms with Crippen LogP contribution in [0.1, 0.15) is 12.5 Å². The van der Waals surface area contributed by atoms with E-state index in [4.69, 9.17) is 0 Å². The average Bonchev–Trinajstić information content (AvgIpc) is 2.61. The number of hydrogen-bond acceptors (Lipinski definition) is 2. The Morgan fingerprint density at radius 3 is 2.27 bits per heavy atom. The SMILES string of the molecule is C[C@@H](C(=O)Nc1ccc(F)c(F)c1F)[NH+](C)Cc1ccc(N(C)C)cc1. The minimum absolute atomic E-state index is 0.371. The number of nitrogens with one attached hydrogen (secondary N) is 2. The van der Waals surface area contributed by atoms with Crippen LogP contribution in [0.25, 0.3) is 0 Å². The molecule has 2 aromatic rings. The number of likely N-dealkylation sites (N-methyl/N-ethyl adjacent to an activating group) is 1. The van der Waals surface area contributed by atoms with Crippen LogP contribution in [0.5, 0.6) is 0 Å². The van der Waals surface area contributed by atoms with Crippen molar-refractivity contribution in [3.8, 4) is 0 Å². The molecule has 2 N–H and O–H groups in total. The lowest BCUT2D eigenvalue weighted by atomic mass is 10.1. The monoisotopic (exact) mass is 366 g/mol. The number of carbonyl (C=O) groups is 1. The van der Waals surface area contributed by atoms with Gasteiger partial charge in [0.1, 0.15) is 6.54 Å². The fourth-order valence-corrected chi connectivity index (χ4v) is 2.47. The van der Waals surface area contributed by atoms with E-state index in [9.17, 15) is 18.0 Å². The fourth-order valence-electron chi connectivity index (χ4n) is 2.47. The van der Waals surface area contributed by atoms with E-state index in [1.54, 1.807) is 6.92 Å². The third-order valence-corrected chi connectivity index (χ3v) is 4.36. The van der Waals surface area contributed by atoms with Crippen molar-refractivity contribution in [2.75, 3.05) is 31.4 Å². The van der Waals surface area contributed by atoms with E-state index in [2.05, 4.69) is 5.32 Å². The predicted molar refractivity (Wildman–Crippen MR) is 95.8 cm³/mol. The van der Waals surface area contributed by atoms with E-state index in [0.29, 0.717) is 6.54 Å². The Morgan fingerprint density at radius 1 is 1.08 bits per heavy atom. The fraction of sp³-hybridized carbons (Fsp3) is 0.316. The molecule has 0 heterocycles. The molecule has 0 saturated heterocycles. The van der Waals surface area contributed by atoms with Crippen LogP contribution >= 0.6 is 0 Å². The maximum atomic E-state index is 13.7. The normalized spacial score (nSPS) is 13.2. The van der Waals surface area contributed by atoms with Crippen LogP contribution < -0.4 is 15.1 Å². The Hall–Kier alpha value is -2.54. The van der Waals surface area contributed by atoms with Crippen LogP contribution in [-0.4, -0.2) is 33.1 Å². The van der Waals surface area contributed by atoms with Gasteiger partial charge in [0.2, 0.25) is 0 Å². The van der Waals surface area contributed by atoms with Crippen LogP contribution in [0.3, 0.4) is 0 Å². The van der Waals surface area contributed by atoms with Crippen molar-refractivity contribution in [3.05, 3.63) is 59.4 Å². The van der Waals surface area contributed by atoms with Crippen molar-refractivity contribution >= 4 is 17.3 Å². The maximum absolute atomic E-state index is 13.7. The largest absolute Gasteiger partial charge is 0.378 e. The number of amides is 1. The van der Waals surface area contributed by atoms with Crippen LogP contribution in [0, 0.1) is 17.5 Å². The predicted octanol–water partition coefficient (Wildman–Crippen LogP) is 2.21. The van der Waals surface area contributed by atoms with Crippen molar-refractivity contribution < 1.29 is 22.9 Å². The summed E-state index contributed by atoms with van der Waals surface area (Å²) in [6.07, 6.45) is 0. The molecule has 0 aromatic heterocycles. The summed E-state index contributed by atoms with van der Waals surface area (Å²) >= 11 is 0. The second-order valence-corrected chi connectivity index (χ2v) is 6.52. The van der Waals surface area contributed by atoms with Gasteiger partial charge in [0.05, 0.1) is 12.7 Å². The zero-order valence-corrected chi connectivity index (χ0v) is 15.2. The number of anilines is 2. The summed E-state index contributed by atoms with van der Waals surface area (Å²) in [7, 11) is 5.75. The van der Waals surface area contributed by atoms with Gasteiger partial charge >= 0.3 is 0 Å². The number of rotatable bonds is 6. The number of benzene rings is 2. The first-order valence-electron chi connectivity index (χ1n) is 8.23. The molecule has 4 nitrogen and oxygen atoms in total. The molecule has 1 unspecified atom stereocenters. The molecular formula is C19H23F3N3O+. The highest BCUT2D eigenvalue weighted by atomic mass is 19.2. The minimum Gasteiger partial charge on any atom is -0.378 e. The molecule has 0 aliphatic rings. The van der Waals surface area contributed by atoms with Gasteiger partial charge in [-0.1, -0.05) is 12.1 Å². The van der Waals surface area contributed by atoms with Gasteiger partial charge in [-0.15, -0.1) is 0 Å². The second-order valence-electron chi connectivity index (χ2n) is 6.52. The summed E-state index contributed by atoms with van der Waals surface area (Å²) in [5.41, 5.74) is 1.75. The standard InChI is InChI=1S/C19H22F3N3O/c1-12(19(26)23-16-10-9-15(20)17(21)18(16)22)25(4)11-13-5-7-14(8-6-13)24(2)3/h5-10,12H,11H2,1-4H3,(H,23,26)/p+1/t12-/m0/s1. The van der Waals surface area contributed by atoms with Crippen molar-refractivity contribution in [2.24, 2.45) is 0 Å². The lowest BCUT2D eigenvalue weighted by Gasteiger charge is -2.21. The van der Waals surface area contributed by atoms with Crippen LogP contribution in [-0.2, 0) is 11.3 Å². The summed E-state index contributed by atoms with van der Waals surface area (Å²) < 4.78 is 39.9. The number of quaternary nitrogens is 1. The molecule has 0 aliphatic heterocycles. The zero-order chi connectivity index (χ0) is 19.4. The summed E-state index contributed by atoms with van der Waals surface area (Å²) in [5.74, 6) is -4.77. The Balaban J connectivity index is 2.02. The number of carbonyl (C=O) groups excluding carboxylic acids is 1. The first-order chi connectivity index (χ1) is 12.2. The molecule has 0 spiro atoms. The highest BCUT2D eigenvalue weighted by Gasteiger charge is 2.24. The van der Waals surface area contributed by atoms with E-state index in [-0.39, 0.29) is 5.69 Å². The van der Waals surface area contributed by atoms with Crippen LogP contribution in [0.4, 0.5) is 24.5 Å². The van der Waals surface area contributed by atoms with Gasteiger partial charge in [0.15, 0.2) is 23.5 Å². The van der Waals surface area contributed by atoms with E-state index in [1.807, 2.05) is 50.3 Å². The Morgan fingerprint density at radius 2 is 1.69 bits per heavy atom. The molecule has 2 rings (SSSR count). The van der Waals surface area contributed by atoms with Gasteiger partial charge in [-0.3, -0.25) is 4.79 Å². The molecular weight excluding hydrogens is 343 g/mol. The van der Waals surface area contributed by atoms with Gasteiger partial charge in [-0.25, -0.2) is 13.2 Å². The van der Waals surface area contributed by atoms with E-state index < -0.39 is 29.4 Å². The number of hydrogen-bond donors (Lipinski definition) is 2. The first kappa shape index (κ1) is 19.8. The molecule has 140 valence electrons. The molecule has 0 aliphatic carbocycles. The molecule has 1 amide bonds. The third kappa shape index (κ3) is 4.54. The Bertz CT molecular complexity index is 778. The van der Waals surface area contributed by atoms with Crippen LogP contribution in [0.2, 0.25) is 0 Å². The van der Waals surface area contributed by atoms with E-state index in [1.165, 1.54) is 0 Å². The quantitative estimate of drug-likeness (QED) is 0.770. The molecule has 2 atom stereocenters. The maximum Gasteiger partial charge on any atom is 0.282 e. The average molecular weight is 366 g/mol. The van der Waals surface area contributed by atoms with E-state index in [0.717, 1.165) is 28.3 Å². The zero-order valence-electron chi connectivity index (χ0n) is 15.2. The summed E-state index contributed by atoms with van der Waals surface area (Å²) in [4.78, 5) is 15.2. The smallest absolute Gasteiger partial charge is 0.282 e. The molecule has 0 bridgehead atoms. The third-order valence-electron chi connectivity index (χ3n) is 4.36. The van der Waals surface area contributed by atoms with Crippen LogP contribution in [0.15, 0.2) is 36.4 Å². The molecule has 26 heavy (non-hydrogen) atoms. The molecule has 0 radical (unpaired) electrons. The summed E-state index contributed by atoms with van der Waals surface area (Å²) in [5, 5.41) is 2.32. The Kier molecular flexibility index (Phi) is 6.26. The number of halogens is 3. The number of nitrogens with zero attached hydrogens (tertiary/aromatic N) is 1. The minimum atomic E-state index is -1.60. The molecule has 0 saturated carbocycles. The van der Waals surface area contributed by atoms with Crippen molar-refractivity contribution in [2.45, 2.75) is 19.5 Å². The van der Waals surface area contributed by atoms with Crippen molar-refractivity contribution in [1.29, 1.82) is 0 Å². The van der Waals surface area contributed by atoms with Gasteiger partial charge in [0, 0.05) is 25.3 Å². The first-order valence-corrected chi connectivity index (χ1v) is 8.23. The van der Waals surface area contributed by atoms with E-state index >= 15 is 0 Å². The second kappa shape index (κ2) is 8.23. The summed E-state index contributed by atoms with van der Waals surface area (Å²) in [6.45, 7) is 2.28.